The Kier molecular flexibility index (Phi) is 12.3. The van der Waals surface area contributed by atoms with Crippen LogP contribution in [-0.2, 0) is 14.3 Å². The number of hydrogen-bond donors (Lipinski definition) is 3. The van der Waals surface area contributed by atoms with Crippen LogP contribution in [0.1, 0.15) is 85.4 Å². The van der Waals surface area contributed by atoms with Crippen molar-refractivity contribution in [1.29, 1.82) is 0 Å². The van der Waals surface area contributed by atoms with Gasteiger partial charge in [-0.3, -0.25) is 9.59 Å². The summed E-state index contributed by atoms with van der Waals surface area (Å²) in [4.78, 5) is 43.0. The molecule has 0 aliphatic heterocycles. The molecule has 42 heavy (non-hydrogen) atoms. The average Bonchev–Trinajstić information content (AvgIpc) is 2.89. The maximum Gasteiger partial charge on any atom is 0.408 e. The van der Waals surface area contributed by atoms with Crippen LogP contribution in [0.15, 0.2) is 42.5 Å². The molecule has 2 aromatic rings. The van der Waals surface area contributed by atoms with Crippen LogP contribution in [0, 0.1) is 18.8 Å². The van der Waals surface area contributed by atoms with Gasteiger partial charge in [-0.2, -0.15) is 0 Å². The summed E-state index contributed by atoms with van der Waals surface area (Å²) in [6, 6.07) is 9.47. The maximum atomic E-state index is 14.5. The Hall–Kier alpha value is -3.75. The third-order valence-corrected chi connectivity index (χ3v) is 6.92. The fraction of sp³-hybridized carbons (Fsp3) is 0.545. The lowest BCUT2D eigenvalue weighted by Gasteiger charge is -2.39. The Labute approximate surface area is 251 Å². The van der Waals surface area contributed by atoms with E-state index in [1.165, 1.54) is 6.07 Å². The van der Waals surface area contributed by atoms with Crippen LogP contribution < -0.4 is 15.4 Å². The minimum atomic E-state index is -1.05. The van der Waals surface area contributed by atoms with Crippen molar-refractivity contribution in [3.63, 3.8) is 0 Å². The molecule has 0 aliphatic rings. The van der Waals surface area contributed by atoms with Crippen molar-refractivity contribution in [1.82, 2.24) is 10.2 Å². The number of rotatable bonds is 12. The SMILES string of the molecule is COc1ccc(NC(=O)C(c2ccc(O)c(C)c2)N(C(=O)C(NC(=O)OC(C)(C)C)C(C)C)C(C)CCC(C)C)cc1. The van der Waals surface area contributed by atoms with Crippen LogP contribution in [0.3, 0.4) is 0 Å². The number of aryl methyl sites for hydroxylation is 1. The molecular formula is C33H49N3O6. The van der Waals surface area contributed by atoms with Gasteiger partial charge >= 0.3 is 6.09 Å². The number of hydrogen-bond acceptors (Lipinski definition) is 6. The number of phenolic OH excluding ortho intramolecular Hbond substituents is 1. The molecule has 3 atom stereocenters. The average molecular weight is 584 g/mol. The molecule has 0 heterocycles. The fourth-order valence-electron chi connectivity index (χ4n) is 4.59. The van der Waals surface area contributed by atoms with Crippen LogP contribution in [0.2, 0.25) is 0 Å². The molecule has 3 N–H and O–H groups in total. The number of amides is 3. The molecule has 0 aliphatic carbocycles. The second-order valence-electron chi connectivity index (χ2n) is 12.6. The number of benzene rings is 2. The van der Waals surface area contributed by atoms with Gasteiger partial charge in [-0.1, -0.05) is 33.8 Å². The zero-order valence-electron chi connectivity index (χ0n) is 26.8. The first-order chi connectivity index (χ1) is 19.5. The molecule has 2 aromatic carbocycles. The monoisotopic (exact) mass is 583 g/mol. The number of methoxy groups -OCH3 is 1. The Morgan fingerprint density at radius 1 is 0.952 bits per heavy atom. The van der Waals surface area contributed by atoms with E-state index >= 15 is 0 Å². The molecule has 0 spiro atoms. The molecule has 2 rings (SSSR count). The first-order valence-electron chi connectivity index (χ1n) is 14.6. The molecule has 3 unspecified atom stereocenters. The molecule has 0 fully saturated rings. The maximum absolute atomic E-state index is 14.5. The van der Waals surface area contributed by atoms with Gasteiger partial charge in [-0.05, 0) is 107 Å². The number of nitrogens with zero attached hydrogens (tertiary/aromatic N) is 1. The summed E-state index contributed by atoms with van der Waals surface area (Å²) in [5.41, 5.74) is 0.907. The lowest BCUT2D eigenvalue weighted by atomic mass is 9.94. The number of carbonyl (C=O) groups is 3. The summed E-state index contributed by atoms with van der Waals surface area (Å²) in [5, 5.41) is 16.0. The Balaban J connectivity index is 2.64. The summed E-state index contributed by atoms with van der Waals surface area (Å²) < 4.78 is 10.7. The van der Waals surface area contributed by atoms with Gasteiger partial charge in [0.25, 0.3) is 5.91 Å². The zero-order chi connectivity index (χ0) is 31.8. The molecule has 3 amide bonds. The van der Waals surface area contributed by atoms with Gasteiger partial charge < -0.3 is 30.1 Å². The number of anilines is 1. The second-order valence-corrected chi connectivity index (χ2v) is 12.6. The number of alkyl carbamates (subject to hydrolysis) is 1. The summed E-state index contributed by atoms with van der Waals surface area (Å²) in [7, 11) is 1.56. The van der Waals surface area contributed by atoms with Crippen molar-refractivity contribution in [3.05, 3.63) is 53.6 Å². The molecule has 0 saturated carbocycles. The minimum absolute atomic E-state index is 0.0884. The van der Waals surface area contributed by atoms with Crippen LogP contribution in [0.5, 0.6) is 11.5 Å². The number of aromatic hydroxyl groups is 1. The van der Waals surface area contributed by atoms with Crippen molar-refractivity contribution in [2.75, 3.05) is 12.4 Å². The molecule has 0 saturated heterocycles. The van der Waals surface area contributed by atoms with Gasteiger partial charge in [0.15, 0.2) is 0 Å². The van der Waals surface area contributed by atoms with Crippen LogP contribution in [-0.4, -0.2) is 52.7 Å². The lowest BCUT2D eigenvalue weighted by molar-refractivity contribution is -0.144. The van der Waals surface area contributed by atoms with E-state index in [0.29, 0.717) is 34.9 Å². The van der Waals surface area contributed by atoms with E-state index in [0.717, 1.165) is 6.42 Å². The highest BCUT2D eigenvalue weighted by Crippen LogP contribution is 2.32. The molecule has 9 heteroatoms. The summed E-state index contributed by atoms with van der Waals surface area (Å²) >= 11 is 0. The van der Waals surface area contributed by atoms with Crippen molar-refractivity contribution < 1.29 is 29.0 Å². The van der Waals surface area contributed by atoms with E-state index in [2.05, 4.69) is 24.5 Å². The molecule has 232 valence electrons. The van der Waals surface area contributed by atoms with Gasteiger partial charge in [0, 0.05) is 11.7 Å². The number of nitrogens with one attached hydrogen (secondary N) is 2. The van der Waals surface area contributed by atoms with E-state index in [1.54, 1.807) is 76.1 Å². The molecule has 9 nitrogen and oxygen atoms in total. The molecule has 0 bridgehead atoms. The highest BCUT2D eigenvalue weighted by Gasteiger charge is 2.40. The van der Waals surface area contributed by atoms with Crippen LogP contribution >= 0.6 is 0 Å². The molecular weight excluding hydrogens is 534 g/mol. The quantitative estimate of drug-likeness (QED) is 0.259. The number of phenols is 1. The van der Waals surface area contributed by atoms with Gasteiger partial charge in [0.05, 0.1) is 7.11 Å². The summed E-state index contributed by atoms with van der Waals surface area (Å²) in [6.45, 7) is 16.8. The zero-order valence-corrected chi connectivity index (χ0v) is 26.8. The van der Waals surface area contributed by atoms with Crippen molar-refractivity contribution in [2.45, 2.75) is 98.9 Å². The molecule has 0 aromatic heterocycles. The van der Waals surface area contributed by atoms with Crippen LogP contribution in [0.4, 0.5) is 10.5 Å². The van der Waals surface area contributed by atoms with Gasteiger partial charge in [0.2, 0.25) is 5.91 Å². The normalized spacial score (nSPS) is 13.7. The topological polar surface area (TPSA) is 117 Å². The van der Waals surface area contributed by atoms with E-state index in [9.17, 15) is 19.5 Å². The molecule has 0 radical (unpaired) electrons. The summed E-state index contributed by atoms with van der Waals surface area (Å²) in [6.07, 6.45) is 0.770. The van der Waals surface area contributed by atoms with Crippen molar-refractivity contribution in [3.8, 4) is 11.5 Å². The van der Waals surface area contributed by atoms with Crippen molar-refractivity contribution >= 4 is 23.6 Å². The highest BCUT2D eigenvalue weighted by atomic mass is 16.6. The summed E-state index contributed by atoms with van der Waals surface area (Å²) in [5.74, 6) is 0.00288. The van der Waals surface area contributed by atoms with E-state index in [1.807, 2.05) is 20.8 Å². The largest absolute Gasteiger partial charge is 0.508 e. The standard InChI is InChI=1S/C33H49N3O6/c1-20(2)11-12-23(6)36(31(39)28(21(3)4)35-32(40)42-33(7,8)9)29(24-13-18-27(37)22(5)19-24)30(38)34-25-14-16-26(41-10)17-15-25/h13-21,23,28-29,37H,11-12H2,1-10H3,(H,34,38)(H,35,40). The Morgan fingerprint density at radius 3 is 2.07 bits per heavy atom. The third kappa shape index (κ3) is 9.96. The third-order valence-electron chi connectivity index (χ3n) is 6.92. The first kappa shape index (κ1) is 34.5. The smallest absolute Gasteiger partial charge is 0.408 e. The predicted molar refractivity (Wildman–Crippen MR) is 166 cm³/mol. The predicted octanol–water partition coefficient (Wildman–Crippen LogP) is 6.59. The van der Waals surface area contributed by atoms with E-state index in [4.69, 9.17) is 9.47 Å². The van der Waals surface area contributed by atoms with E-state index < -0.39 is 35.6 Å². The fourth-order valence-corrected chi connectivity index (χ4v) is 4.59. The van der Waals surface area contributed by atoms with Crippen molar-refractivity contribution in [2.24, 2.45) is 11.8 Å². The second kappa shape index (κ2) is 14.9. The highest BCUT2D eigenvalue weighted by molar-refractivity contribution is 5.99. The van der Waals surface area contributed by atoms with Gasteiger partial charge in [-0.15, -0.1) is 0 Å². The minimum Gasteiger partial charge on any atom is -0.508 e. The van der Waals surface area contributed by atoms with Crippen LogP contribution in [0.25, 0.3) is 0 Å². The Morgan fingerprint density at radius 2 is 1.57 bits per heavy atom. The van der Waals surface area contributed by atoms with Gasteiger partial charge in [0.1, 0.15) is 29.2 Å². The number of carbonyl (C=O) groups excluding carboxylic acids is 3. The Bertz CT molecular complexity index is 1200. The lowest BCUT2D eigenvalue weighted by Crippen LogP contribution is -2.56. The van der Waals surface area contributed by atoms with E-state index in [-0.39, 0.29) is 17.7 Å². The first-order valence-corrected chi connectivity index (χ1v) is 14.6. The van der Waals surface area contributed by atoms with Gasteiger partial charge in [-0.25, -0.2) is 4.79 Å². The number of ether oxygens (including phenoxy) is 2.